The van der Waals surface area contributed by atoms with Crippen molar-refractivity contribution in [3.05, 3.63) is 64.7 Å². The topological polar surface area (TPSA) is 120 Å². The number of para-hydroxylation sites is 2. The van der Waals surface area contributed by atoms with Crippen molar-refractivity contribution in [3.63, 3.8) is 0 Å². The number of rotatable bonds is 7. The van der Waals surface area contributed by atoms with Crippen LogP contribution >= 0.6 is 0 Å². The molecule has 0 saturated heterocycles. The van der Waals surface area contributed by atoms with Crippen LogP contribution in [-0.2, 0) is 16.6 Å². The molecule has 30 heavy (non-hydrogen) atoms. The number of nitro groups is 1. The van der Waals surface area contributed by atoms with E-state index < -0.39 is 25.5 Å². The molecular weight excluding hydrogens is 406 g/mol. The van der Waals surface area contributed by atoms with Crippen LogP contribution in [0.3, 0.4) is 0 Å². The van der Waals surface area contributed by atoms with E-state index in [0.717, 1.165) is 29.8 Å². The largest absolute Gasteiger partial charge is 0.289 e. The number of hydrogen-bond acceptors (Lipinski definition) is 6. The molecule has 9 nitrogen and oxygen atoms in total. The zero-order valence-electron chi connectivity index (χ0n) is 16.1. The average molecular weight is 425 g/mol. The van der Waals surface area contributed by atoms with Crippen LogP contribution in [0.5, 0.6) is 0 Å². The Morgan fingerprint density at radius 1 is 1.13 bits per heavy atom. The third-order valence-corrected chi connectivity index (χ3v) is 6.12. The lowest BCUT2D eigenvalue weighted by molar-refractivity contribution is -0.387. The van der Waals surface area contributed by atoms with Gasteiger partial charge in [-0.1, -0.05) is 43.7 Å². The SMILES string of the molecule is CCCCn1nc(NS(=O)(=O)c2ccccc2[N+](=O)[O-])c2cc3ccccc3nc21. The second kappa shape index (κ2) is 7.71. The number of sulfonamides is 1. The summed E-state index contributed by atoms with van der Waals surface area (Å²) in [5.41, 5.74) is 0.835. The van der Waals surface area contributed by atoms with Gasteiger partial charge in [0.1, 0.15) is 0 Å². The van der Waals surface area contributed by atoms with Gasteiger partial charge in [-0.25, -0.2) is 18.1 Å². The standard InChI is InChI=1S/C20H19N5O4S/c1-2-3-12-24-20-15(13-14-8-4-5-9-16(14)21-20)19(22-24)23-30(28,29)18-11-7-6-10-17(18)25(26)27/h4-11,13H,2-3,12H2,1H3,(H,22,23). The van der Waals surface area contributed by atoms with Crippen molar-refractivity contribution in [1.29, 1.82) is 0 Å². The van der Waals surface area contributed by atoms with Crippen molar-refractivity contribution in [2.75, 3.05) is 4.72 Å². The first kappa shape index (κ1) is 19.8. The normalized spacial score (nSPS) is 11.8. The summed E-state index contributed by atoms with van der Waals surface area (Å²) in [6, 6.07) is 14.5. The highest BCUT2D eigenvalue weighted by atomic mass is 32.2. The number of aromatic nitrogens is 3. The van der Waals surface area contributed by atoms with Gasteiger partial charge in [0.25, 0.3) is 15.7 Å². The molecule has 0 aliphatic heterocycles. The van der Waals surface area contributed by atoms with Gasteiger partial charge in [0, 0.05) is 18.0 Å². The number of benzene rings is 2. The first-order valence-corrected chi connectivity index (χ1v) is 10.9. The first-order chi connectivity index (χ1) is 14.4. The molecule has 0 fully saturated rings. The Kier molecular flexibility index (Phi) is 5.08. The molecule has 0 amide bonds. The summed E-state index contributed by atoms with van der Waals surface area (Å²) < 4.78 is 30.0. The van der Waals surface area contributed by atoms with E-state index in [9.17, 15) is 18.5 Å². The molecule has 10 heteroatoms. The molecule has 0 radical (unpaired) electrons. The van der Waals surface area contributed by atoms with Crippen molar-refractivity contribution in [3.8, 4) is 0 Å². The number of pyridine rings is 1. The summed E-state index contributed by atoms with van der Waals surface area (Å²) in [5.74, 6) is 0.0949. The van der Waals surface area contributed by atoms with Crippen LogP contribution in [-0.4, -0.2) is 28.1 Å². The van der Waals surface area contributed by atoms with E-state index in [1.165, 1.54) is 18.2 Å². The van der Waals surface area contributed by atoms with Crippen molar-refractivity contribution >= 4 is 43.5 Å². The lowest BCUT2D eigenvalue weighted by Gasteiger charge is -2.06. The number of aryl methyl sites for hydroxylation is 1. The highest BCUT2D eigenvalue weighted by molar-refractivity contribution is 7.92. The molecule has 0 aliphatic rings. The lowest BCUT2D eigenvalue weighted by atomic mass is 10.2. The molecule has 0 aliphatic carbocycles. The summed E-state index contributed by atoms with van der Waals surface area (Å²) in [6.07, 6.45) is 1.79. The van der Waals surface area contributed by atoms with E-state index in [1.807, 2.05) is 37.3 Å². The molecule has 0 unspecified atom stereocenters. The molecule has 0 saturated carbocycles. The van der Waals surface area contributed by atoms with Gasteiger partial charge in [-0.15, -0.1) is 0 Å². The molecule has 1 N–H and O–H groups in total. The van der Waals surface area contributed by atoms with E-state index in [2.05, 4.69) is 14.8 Å². The second-order valence-corrected chi connectivity index (χ2v) is 8.46. The molecule has 2 heterocycles. The number of nitro benzene ring substituents is 1. The Hall–Kier alpha value is -3.53. The van der Waals surface area contributed by atoms with Crippen molar-refractivity contribution in [2.45, 2.75) is 31.2 Å². The minimum absolute atomic E-state index is 0.0949. The fourth-order valence-electron chi connectivity index (χ4n) is 3.26. The monoisotopic (exact) mass is 425 g/mol. The van der Waals surface area contributed by atoms with Crippen LogP contribution in [0.25, 0.3) is 21.9 Å². The number of fused-ring (bicyclic) bond motifs is 2. The zero-order chi connectivity index (χ0) is 21.3. The maximum atomic E-state index is 13.0. The van der Waals surface area contributed by atoms with E-state index >= 15 is 0 Å². The van der Waals surface area contributed by atoms with Crippen molar-refractivity contribution in [2.24, 2.45) is 0 Å². The number of hydrogen-bond donors (Lipinski definition) is 1. The van der Waals surface area contributed by atoms with Gasteiger partial charge < -0.3 is 0 Å². The predicted molar refractivity (Wildman–Crippen MR) is 114 cm³/mol. The van der Waals surface area contributed by atoms with Gasteiger partial charge in [0.2, 0.25) is 0 Å². The van der Waals surface area contributed by atoms with Crippen LogP contribution in [0.4, 0.5) is 11.5 Å². The van der Waals surface area contributed by atoms with Crippen LogP contribution in [0.15, 0.2) is 59.5 Å². The highest BCUT2D eigenvalue weighted by Crippen LogP contribution is 2.30. The van der Waals surface area contributed by atoms with E-state index in [-0.39, 0.29) is 5.82 Å². The Morgan fingerprint density at radius 3 is 2.63 bits per heavy atom. The maximum absolute atomic E-state index is 13.0. The Morgan fingerprint density at radius 2 is 1.87 bits per heavy atom. The van der Waals surface area contributed by atoms with Crippen molar-refractivity contribution in [1.82, 2.24) is 14.8 Å². The summed E-state index contributed by atoms with van der Waals surface area (Å²) >= 11 is 0. The van der Waals surface area contributed by atoms with E-state index in [1.54, 1.807) is 4.68 Å². The van der Waals surface area contributed by atoms with Gasteiger partial charge in [0.15, 0.2) is 16.4 Å². The Balaban J connectivity index is 1.86. The van der Waals surface area contributed by atoms with Gasteiger partial charge in [-0.3, -0.25) is 14.8 Å². The van der Waals surface area contributed by atoms with Gasteiger partial charge in [-0.2, -0.15) is 5.10 Å². The van der Waals surface area contributed by atoms with Crippen LogP contribution in [0, 0.1) is 10.1 Å². The Labute approximate surface area is 172 Å². The first-order valence-electron chi connectivity index (χ1n) is 9.43. The van der Waals surface area contributed by atoms with Crippen LogP contribution < -0.4 is 4.72 Å². The number of unbranched alkanes of at least 4 members (excludes halogenated alkanes) is 1. The number of anilines is 1. The molecule has 154 valence electrons. The minimum Gasteiger partial charge on any atom is -0.261 e. The summed E-state index contributed by atoms with van der Waals surface area (Å²) in [6.45, 7) is 2.62. The quantitative estimate of drug-likeness (QED) is 0.352. The molecule has 0 spiro atoms. The predicted octanol–water partition coefficient (Wildman–Crippen LogP) is 4.09. The second-order valence-electron chi connectivity index (χ2n) is 6.81. The smallest absolute Gasteiger partial charge is 0.261 e. The highest BCUT2D eigenvalue weighted by Gasteiger charge is 2.27. The average Bonchev–Trinajstić information content (AvgIpc) is 3.06. The van der Waals surface area contributed by atoms with Crippen LogP contribution in [0.2, 0.25) is 0 Å². The van der Waals surface area contributed by atoms with Gasteiger partial charge in [0.05, 0.1) is 15.8 Å². The van der Waals surface area contributed by atoms with Gasteiger partial charge in [-0.05, 0) is 24.6 Å². The van der Waals surface area contributed by atoms with E-state index in [0.29, 0.717) is 17.6 Å². The third kappa shape index (κ3) is 3.57. The molecular formula is C20H19N5O4S. The number of nitrogens with zero attached hydrogens (tertiary/aromatic N) is 4. The van der Waals surface area contributed by atoms with Gasteiger partial charge >= 0.3 is 0 Å². The fraction of sp³-hybridized carbons (Fsp3) is 0.200. The summed E-state index contributed by atoms with van der Waals surface area (Å²) in [7, 11) is -4.24. The summed E-state index contributed by atoms with van der Waals surface area (Å²) in [4.78, 5) is 14.8. The van der Waals surface area contributed by atoms with E-state index in [4.69, 9.17) is 0 Å². The molecule has 2 aromatic heterocycles. The summed E-state index contributed by atoms with van der Waals surface area (Å²) in [5, 5.41) is 17.1. The molecule has 0 bridgehead atoms. The maximum Gasteiger partial charge on any atom is 0.289 e. The molecule has 4 aromatic rings. The minimum atomic E-state index is -4.24. The molecule has 4 rings (SSSR count). The lowest BCUT2D eigenvalue weighted by Crippen LogP contribution is -2.15. The van der Waals surface area contributed by atoms with Crippen LogP contribution in [0.1, 0.15) is 19.8 Å². The zero-order valence-corrected chi connectivity index (χ0v) is 17.0. The molecule has 0 atom stereocenters. The fourth-order valence-corrected chi connectivity index (χ4v) is 4.45. The third-order valence-electron chi connectivity index (χ3n) is 4.73. The number of nitrogens with one attached hydrogen (secondary N) is 1. The molecule has 2 aromatic carbocycles. The Bertz CT molecular complexity index is 1360. The van der Waals surface area contributed by atoms with Crippen molar-refractivity contribution < 1.29 is 13.3 Å².